The fourth-order valence-electron chi connectivity index (χ4n) is 2.95. The molecule has 0 saturated carbocycles. The SMILES string of the molecule is COc1ccc(CN2CCCC[C@@H]2c2ccn[nH]2)cc1. The lowest BCUT2D eigenvalue weighted by molar-refractivity contribution is 0.137. The van der Waals surface area contributed by atoms with Gasteiger partial charge >= 0.3 is 0 Å². The molecule has 1 aliphatic heterocycles. The first-order chi connectivity index (χ1) is 9.86. The summed E-state index contributed by atoms with van der Waals surface area (Å²) < 4.78 is 5.21. The highest BCUT2D eigenvalue weighted by Crippen LogP contribution is 2.31. The summed E-state index contributed by atoms with van der Waals surface area (Å²) in [6.07, 6.45) is 5.62. The molecule has 0 spiro atoms. The Morgan fingerprint density at radius 1 is 1.25 bits per heavy atom. The van der Waals surface area contributed by atoms with Crippen molar-refractivity contribution in [1.29, 1.82) is 0 Å². The van der Waals surface area contributed by atoms with Crippen molar-refractivity contribution in [3.8, 4) is 5.75 Å². The van der Waals surface area contributed by atoms with Crippen LogP contribution in [0, 0.1) is 0 Å². The van der Waals surface area contributed by atoms with Gasteiger partial charge in [0.25, 0.3) is 0 Å². The summed E-state index contributed by atoms with van der Waals surface area (Å²) >= 11 is 0. The Kier molecular flexibility index (Phi) is 4.02. The van der Waals surface area contributed by atoms with Crippen LogP contribution in [0.15, 0.2) is 36.5 Å². The highest BCUT2D eigenvalue weighted by atomic mass is 16.5. The number of rotatable bonds is 4. The highest BCUT2D eigenvalue weighted by molar-refractivity contribution is 5.27. The Morgan fingerprint density at radius 3 is 2.80 bits per heavy atom. The quantitative estimate of drug-likeness (QED) is 0.928. The van der Waals surface area contributed by atoms with Crippen molar-refractivity contribution >= 4 is 0 Å². The molecular weight excluding hydrogens is 250 g/mol. The smallest absolute Gasteiger partial charge is 0.118 e. The first-order valence-electron chi connectivity index (χ1n) is 7.23. The number of nitrogens with zero attached hydrogens (tertiary/aromatic N) is 2. The van der Waals surface area contributed by atoms with Crippen LogP contribution in [-0.4, -0.2) is 28.8 Å². The first-order valence-corrected chi connectivity index (χ1v) is 7.23. The Hall–Kier alpha value is -1.81. The zero-order valence-corrected chi connectivity index (χ0v) is 11.9. The van der Waals surface area contributed by atoms with Crippen LogP contribution >= 0.6 is 0 Å². The standard InChI is InChI=1S/C16H21N3O/c1-20-14-7-5-13(6-8-14)12-19-11-3-2-4-16(19)15-9-10-17-18-15/h5-10,16H,2-4,11-12H2,1H3,(H,17,18)/t16-/m1/s1. The van der Waals surface area contributed by atoms with Crippen molar-refractivity contribution in [2.75, 3.05) is 13.7 Å². The molecule has 2 aromatic rings. The van der Waals surface area contributed by atoms with E-state index in [1.807, 2.05) is 18.3 Å². The summed E-state index contributed by atoms with van der Waals surface area (Å²) in [5, 5.41) is 7.22. The van der Waals surface area contributed by atoms with Crippen LogP contribution in [0.5, 0.6) is 5.75 Å². The summed E-state index contributed by atoms with van der Waals surface area (Å²) in [6.45, 7) is 2.13. The van der Waals surface area contributed by atoms with E-state index in [-0.39, 0.29) is 0 Å². The minimum atomic E-state index is 0.466. The molecule has 0 aliphatic carbocycles. The Bertz CT molecular complexity index is 521. The molecule has 0 bridgehead atoms. The molecule has 20 heavy (non-hydrogen) atoms. The third-order valence-corrected chi connectivity index (χ3v) is 4.04. The second kappa shape index (κ2) is 6.09. The lowest BCUT2D eigenvalue weighted by Crippen LogP contribution is -2.33. The van der Waals surface area contributed by atoms with Gasteiger partial charge in [-0.1, -0.05) is 18.6 Å². The zero-order valence-electron chi connectivity index (χ0n) is 11.9. The van der Waals surface area contributed by atoms with Gasteiger partial charge < -0.3 is 4.74 Å². The maximum Gasteiger partial charge on any atom is 0.118 e. The van der Waals surface area contributed by atoms with Gasteiger partial charge in [-0.2, -0.15) is 5.10 Å². The van der Waals surface area contributed by atoms with E-state index in [0.717, 1.165) is 18.8 Å². The molecule has 106 valence electrons. The summed E-state index contributed by atoms with van der Waals surface area (Å²) in [5.74, 6) is 0.914. The van der Waals surface area contributed by atoms with E-state index in [1.54, 1.807) is 7.11 Å². The van der Waals surface area contributed by atoms with Crippen molar-refractivity contribution < 1.29 is 4.74 Å². The predicted molar refractivity (Wildman–Crippen MR) is 78.6 cm³/mol. The molecule has 1 aromatic heterocycles. The van der Waals surface area contributed by atoms with Crippen LogP contribution in [0.25, 0.3) is 0 Å². The average molecular weight is 271 g/mol. The van der Waals surface area contributed by atoms with Gasteiger partial charge in [-0.05, 0) is 43.1 Å². The summed E-state index contributed by atoms with van der Waals surface area (Å²) in [4.78, 5) is 2.54. The number of benzene rings is 1. The molecule has 0 unspecified atom stereocenters. The van der Waals surface area contributed by atoms with Crippen LogP contribution in [0.3, 0.4) is 0 Å². The predicted octanol–water partition coefficient (Wildman–Crippen LogP) is 3.15. The van der Waals surface area contributed by atoms with Gasteiger partial charge in [0.15, 0.2) is 0 Å². The van der Waals surface area contributed by atoms with Crippen LogP contribution < -0.4 is 4.74 Å². The molecule has 1 aromatic carbocycles. The molecule has 1 saturated heterocycles. The maximum absolute atomic E-state index is 5.21. The van der Waals surface area contributed by atoms with Crippen molar-refractivity contribution in [3.05, 3.63) is 47.8 Å². The van der Waals surface area contributed by atoms with E-state index >= 15 is 0 Å². The Morgan fingerprint density at radius 2 is 2.10 bits per heavy atom. The molecule has 1 fully saturated rings. The van der Waals surface area contributed by atoms with Gasteiger partial charge in [-0.15, -0.1) is 0 Å². The normalized spacial score (nSPS) is 19.9. The molecule has 1 N–H and O–H groups in total. The Labute approximate surface area is 119 Å². The number of ether oxygens (including phenoxy) is 1. The van der Waals surface area contributed by atoms with Crippen molar-refractivity contribution in [1.82, 2.24) is 15.1 Å². The number of nitrogens with one attached hydrogen (secondary N) is 1. The number of aromatic amines is 1. The van der Waals surface area contributed by atoms with Gasteiger partial charge in [-0.25, -0.2) is 0 Å². The summed E-state index contributed by atoms with van der Waals surface area (Å²) in [6, 6.07) is 10.9. The van der Waals surface area contributed by atoms with Gasteiger partial charge in [0.1, 0.15) is 5.75 Å². The number of aromatic nitrogens is 2. The van der Waals surface area contributed by atoms with E-state index in [2.05, 4.69) is 33.3 Å². The maximum atomic E-state index is 5.21. The molecule has 3 rings (SSSR count). The average Bonchev–Trinajstić information content (AvgIpc) is 3.03. The van der Waals surface area contributed by atoms with Gasteiger partial charge in [0.05, 0.1) is 18.8 Å². The monoisotopic (exact) mass is 271 g/mol. The van der Waals surface area contributed by atoms with Crippen LogP contribution in [-0.2, 0) is 6.54 Å². The van der Waals surface area contributed by atoms with Crippen LogP contribution in [0.4, 0.5) is 0 Å². The zero-order chi connectivity index (χ0) is 13.8. The number of likely N-dealkylation sites (tertiary alicyclic amines) is 1. The minimum Gasteiger partial charge on any atom is -0.497 e. The second-order valence-electron chi connectivity index (χ2n) is 5.34. The molecule has 1 aliphatic rings. The highest BCUT2D eigenvalue weighted by Gasteiger charge is 2.24. The lowest BCUT2D eigenvalue weighted by Gasteiger charge is -2.35. The number of hydrogen-bond acceptors (Lipinski definition) is 3. The number of hydrogen-bond donors (Lipinski definition) is 1. The third-order valence-electron chi connectivity index (χ3n) is 4.04. The van der Waals surface area contributed by atoms with Gasteiger partial charge in [0, 0.05) is 12.7 Å². The number of H-pyrrole nitrogens is 1. The Balaban J connectivity index is 1.73. The number of methoxy groups -OCH3 is 1. The first kappa shape index (κ1) is 13.2. The topological polar surface area (TPSA) is 41.1 Å². The molecule has 1 atom stereocenters. The van der Waals surface area contributed by atoms with E-state index in [1.165, 1.54) is 30.5 Å². The fourth-order valence-corrected chi connectivity index (χ4v) is 2.95. The molecule has 4 nitrogen and oxygen atoms in total. The van der Waals surface area contributed by atoms with Gasteiger partial charge in [0.2, 0.25) is 0 Å². The molecular formula is C16H21N3O. The van der Waals surface area contributed by atoms with E-state index in [4.69, 9.17) is 4.74 Å². The van der Waals surface area contributed by atoms with Crippen molar-refractivity contribution in [2.24, 2.45) is 0 Å². The van der Waals surface area contributed by atoms with E-state index in [0.29, 0.717) is 6.04 Å². The molecule has 2 heterocycles. The number of piperidine rings is 1. The lowest BCUT2D eigenvalue weighted by atomic mass is 9.98. The molecule has 4 heteroatoms. The molecule has 0 amide bonds. The summed E-state index contributed by atoms with van der Waals surface area (Å²) in [7, 11) is 1.70. The second-order valence-corrected chi connectivity index (χ2v) is 5.34. The minimum absolute atomic E-state index is 0.466. The summed E-state index contributed by atoms with van der Waals surface area (Å²) in [5.41, 5.74) is 2.57. The largest absolute Gasteiger partial charge is 0.497 e. The van der Waals surface area contributed by atoms with Gasteiger partial charge in [-0.3, -0.25) is 10.00 Å². The van der Waals surface area contributed by atoms with Crippen molar-refractivity contribution in [2.45, 2.75) is 31.8 Å². The van der Waals surface area contributed by atoms with Crippen LogP contribution in [0.1, 0.15) is 36.6 Å². The third kappa shape index (κ3) is 2.85. The van der Waals surface area contributed by atoms with Crippen molar-refractivity contribution in [3.63, 3.8) is 0 Å². The van der Waals surface area contributed by atoms with Crippen LogP contribution in [0.2, 0.25) is 0 Å². The molecule has 0 radical (unpaired) electrons. The van der Waals surface area contributed by atoms with E-state index in [9.17, 15) is 0 Å². The van der Waals surface area contributed by atoms with E-state index < -0.39 is 0 Å². The fraction of sp³-hybridized carbons (Fsp3) is 0.438.